The minimum atomic E-state index is 0.236. The van der Waals surface area contributed by atoms with Crippen LogP contribution in [0.5, 0.6) is 0 Å². The van der Waals surface area contributed by atoms with Gasteiger partial charge in [0.15, 0.2) is 0 Å². The number of rotatable bonds is 16. The maximum atomic E-state index is 2.53. The van der Waals surface area contributed by atoms with Crippen molar-refractivity contribution in [2.24, 2.45) is 0 Å². The molecule has 0 saturated carbocycles. The van der Waals surface area contributed by atoms with E-state index in [1.165, 1.54) is 64.2 Å². The average molecular weight is 361 g/mol. The molecule has 0 bridgehead atoms. The molecule has 0 radical (unpaired) electrons. The van der Waals surface area contributed by atoms with Gasteiger partial charge >= 0.3 is 0 Å². The molecule has 0 saturated heterocycles. The van der Waals surface area contributed by atoms with E-state index in [1.54, 1.807) is 24.6 Å². The van der Waals surface area contributed by atoms with Crippen LogP contribution in [-0.2, 0) is 0 Å². The van der Waals surface area contributed by atoms with E-state index in [0.717, 1.165) is 4.90 Å². The SMILES string of the molecule is CCCCP(CCCC)C(CC)(CC)P(CCCC)CCCC. The first-order valence-corrected chi connectivity index (χ1v) is 14.1. The highest BCUT2D eigenvalue weighted by Crippen LogP contribution is 2.71. The van der Waals surface area contributed by atoms with Gasteiger partial charge in [0.05, 0.1) is 0 Å². The molecule has 0 aliphatic carbocycles. The van der Waals surface area contributed by atoms with Crippen molar-refractivity contribution in [3.05, 3.63) is 0 Å². The summed E-state index contributed by atoms with van der Waals surface area (Å²) in [6.07, 6.45) is 20.6. The molecule has 0 amide bonds. The lowest BCUT2D eigenvalue weighted by Crippen LogP contribution is -2.28. The lowest BCUT2D eigenvalue weighted by Gasteiger charge is -2.47. The van der Waals surface area contributed by atoms with Crippen LogP contribution in [0.25, 0.3) is 0 Å². The van der Waals surface area contributed by atoms with E-state index in [0.29, 0.717) is 0 Å². The summed E-state index contributed by atoms with van der Waals surface area (Å²) in [5, 5.41) is 0. The summed E-state index contributed by atoms with van der Waals surface area (Å²) in [5.74, 6) is 0. The second-order valence-corrected chi connectivity index (χ2v) is 13.1. The fourth-order valence-corrected chi connectivity index (χ4v) is 13.3. The van der Waals surface area contributed by atoms with E-state index in [1.807, 2.05) is 0 Å². The van der Waals surface area contributed by atoms with Crippen LogP contribution in [0.15, 0.2) is 0 Å². The Morgan fingerprint density at radius 2 is 0.739 bits per heavy atom. The molecule has 0 unspecified atom stereocenters. The molecule has 0 aromatic carbocycles. The molecule has 0 spiro atoms. The van der Waals surface area contributed by atoms with E-state index < -0.39 is 0 Å². The van der Waals surface area contributed by atoms with E-state index >= 15 is 0 Å². The highest BCUT2D eigenvalue weighted by Gasteiger charge is 2.40. The summed E-state index contributed by atoms with van der Waals surface area (Å²) >= 11 is 0. The second kappa shape index (κ2) is 15.1. The molecule has 0 atom stereocenters. The van der Waals surface area contributed by atoms with Crippen LogP contribution in [-0.4, -0.2) is 29.5 Å². The van der Waals surface area contributed by atoms with E-state index in [2.05, 4.69) is 41.5 Å². The van der Waals surface area contributed by atoms with Crippen LogP contribution in [0.1, 0.15) is 106 Å². The van der Waals surface area contributed by atoms with Gasteiger partial charge in [-0.3, -0.25) is 0 Å². The first-order chi connectivity index (χ1) is 11.2. The maximum Gasteiger partial charge on any atom is 0.0101 e. The summed E-state index contributed by atoms with van der Waals surface area (Å²) in [7, 11) is 0.472. The third-order valence-corrected chi connectivity index (χ3v) is 14.2. The molecular weight excluding hydrogens is 314 g/mol. The summed E-state index contributed by atoms with van der Waals surface area (Å²) in [6.45, 7) is 14.6. The van der Waals surface area contributed by atoms with Gasteiger partial charge < -0.3 is 0 Å². The van der Waals surface area contributed by atoms with Crippen molar-refractivity contribution in [1.82, 2.24) is 0 Å². The van der Waals surface area contributed by atoms with Gasteiger partial charge in [-0.25, -0.2) is 0 Å². The standard InChI is InChI=1S/C21H46P2/c1-7-13-17-22(18-14-8-2)21(11-5,12-6)23(19-15-9-3)20-16-10-4/h7-20H2,1-6H3. The maximum absolute atomic E-state index is 2.53. The summed E-state index contributed by atoms with van der Waals surface area (Å²) in [6, 6.07) is 0. The third kappa shape index (κ3) is 8.19. The molecule has 0 aromatic rings. The smallest absolute Gasteiger partial charge is 0.0101 e. The molecule has 0 nitrogen and oxygen atoms in total. The fourth-order valence-electron chi connectivity index (χ4n) is 3.80. The van der Waals surface area contributed by atoms with Gasteiger partial charge in [0.25, 0.3) is 0 Å². The number of unbranched alkanes of at least 4 members (excludes halogenated alkanes) is 4. The summed E-state index contributed by atoms with van der Waals surface area (Å²) in [5.41, 5.74) is 0. The Bertz CT molecular complexity index is 210. The normalized spacial score (nSPS) is 12.5. The van der Waals surface area contributed by atoms with E-state index in [4.69, 9.17) is 0 Å². The largest absolute Gasteiger partial charge is 0.0959 e. The highest BCUT2D eigenvalue weighted by atomic mass is 31.2. The first-order valence-electron chi connectivity index (χ1n) is 10.7. The van der Waals surface area contributed by atoms with Crippen LogP contribution < -0.4 is 0 Å². The van der Waals surface area contributed by atoms with Crippen LogP contribution in [0.4, 0.5) is 0 Å². The monoisotopic (exact) mass is 360 g/mol. The van der Waals surface area contributed by atoms with Crippen molar-refractivity contribution in [1.29, 1.82) is 0 Å². The zero-order chi connectivity index (χ0) is 17.6. The van der Waals surface area contributed by atoms with E-state index in [-0.39, 0.29) is 15.8 Å². The topological polar surface area (TPSA) is 0 Å². The van der Waals surface area contributed by atoms with Gasteiger partial charge in [-0.1, -0.05) is 83.1 Å². The van der Waals surface area contributed by atoms with Crippen LogP contribution in [0, 0.1) is 0 Å². The second-order valence-electron chi connectivity index (χ2n) is 7.08. The molecule has 0 aromatic heterocycles. The lowest BCUT2D eigenvalue weighted by atomic mass is 10.2. The molecular formula is C21H46P2. The Morgan fingerprint density at radius 3 is 0.913 bits per heavy atom. The minimum absolute atomic E-state index is 0.236. The molecule has 0 aliphatic rings. The van der Waals surface area contributed by atoms with Crippen molar-refractivity contribution in [3.8, 4) is 0 Å². The summed E-state index contributed by atoms with van der Waals surface area (Å²) in [4.78, 5) is 0.749. The molecule has 0 aliphatic heterocycles. The van der Waals surface area contributed by atoms with Gasteiger partial charge in [-0.05, 0) is 63.2 Å². The Morgan fingerprint density at radius 1 is 0.478 bits per heavy atom. The predicted octanol–water partition coefficient (Wildman–Crippen LogP) is 8.67. The molecule has 0 fully saturated rings. The van der Waals surface area contributed by atoms with Gasteiger partial charge in [0, 0.05) is 4.90 Å². The zero-order valence-corrected chi connectivity index (χ0v) is 19.1. The fraction of sp³-hybridized carbons (Fsp3) is 1.00. The molecule has 0 rings (SSSR count). The molecule has 140 valence electrons. The van der Waals surface area contributed by atoms with Crippen molar-refractivity contribution in [3.63, 3.8) is 0 Å². The summed E-state index contributed by atoms with van der Waals surface area (Å²) < 4.78 is 0. The quantitative estimate of drug-likeness (QED) is 0.241. The van der Waals surface area contributed by atoms with Gasteiger partial charge in [-0.2, -0.15) is 0 Å². The molecule has 23 heavy (non-hydrogen) atoms. The number of hydrogen-bond donors (Lipinski definition) is 0. The Labute approximate surface area is 151 Å². The predicted molar refractivity (Wildman–Crippen MR) is 116 cm³/mol. The number of hydrogen-bond acceptors (Lipinski definition) is 0. The van der Waals surface area contributed by atoms with Gasteiger partial charge in [0.2, 0.25) is 0 Å². The highest BCUT2D eigenvalue weighted by molar-refractivity contribution is 7.77. The molecule has 0 N–H and O–H groups in total. The van der Waals surface area contributed by atoms with Gasteiger partial charge in [-0.15, -0.1) is 0 Å². The lowest BCUT2D eigenvalue weighted by molar-refractivity contribution is 0.691. The third-order valence-electron chi connectivity index (χ3n) is 5.44. The Balaban J connectivity index is 5.33. The van der Waals surface area contributed by atoms with Crippen molar-refractivity contribution in [2.45, 2.75) is 111 Å². The Kier molecular flexibility index (Phi) is 15.7. The first kappa shape index (κ1) is 23.9. The average Bonchev–Trinajstić information content (AvgIpc) is 2.58. The van der Waals surface area contributed by atoms with Crippen molar-refractivity contribution in [2.75, 3.05) is 24.6 Å². The minimum Gasteiger partial charge on any atom is -0.0959 e. The molecule has 0 heterocycles. The van der Waals surface area contributed by atoms with Gasteiger partial charge in [0.1, 0.15) is 0 Å². The van der Waals surface area contributed by atoms with E-state index in [9.17, 15) is 0 Å². The molecule has 2 heteroatoms. The Hall–Kier alpha value is 0.860. The van der Waals surface area contributed by atoms with Crippen LogP contribution >= 0.6 is 15.8 Å². The zero-order valence-electron chi connectivity index (χ0n) is 17.3. The van der Waals surface area contributed by atoms with Crippen LogP contribution in [0.3, 0.4) is 0 Å². The van der Waals surface area contributed by atoms with Crippen LogP contribution in [0.2, 0.25) is 0 Å². The van der Waals surface area contributed by atoms with Crippen molar-refractivity contribution >= 4 is 15.8 Å². The van der Waals surface area contributed by atoms with Crippen molar-refractivity contribution < 1.29 is 0 Å².